The van der Waals surface area contributed by atoms with E-state index in [9.17, 15) is 4.79 Å². The van der Waals surface area contributed by atoms with Gasteiger partial charge in [-0.2, -0.15) is 0 Å². The molecule has 2 aromatic rings. The zero-order valence-corrected chi connectivity index (χ0v) is 11.9. The first-order chi connectivity index (χ1) is 9.54. The fourth-order valence-corrected chi connectivity index (χ4v) is 2.52. The molecule has 1 heterocycles. The second-order valence-electron chi connectivity index (χ2n) is 5.21. The normalized spacial score (nSPS) is 14.3. The molecule has 3 rings (SSSR count). The maximum Gasteiger partial charge on any atom is 0.272 e. The number of nitrogen functional groups attached to an aromatic ring is 1. The standard InChI is InChI=1S/C15H16ClN3O/c1-9-6-10(16)2-5-13(9)18-15(20)14-7-11(17)8-19(14)12-3-4-12/h2,5-8,12H,3-4,17H2,1H3,(H,18,20). The highest BCUT2D eigenvalue weighted by Gasteiger charge is 2.27. The van der Waals surface area contributed by atoms with Gasteiger partial charge in [0.05, 0.1) is 5.69 Å². The molecule has 0 atom stereocenters. The Morgan fingerprint density at radius 1 is 1.40 bits per heavy atom. The SMILES string of the molecule is Cc1cc(Cl)ccc1NC(=O)c1cc(N)cn1C1CC1. The summed E-state index contributed by atoms with van der Waals surface area (Å²) in [5, 5.41) is 3.57. The number of carbonyl (C=O) groups is 1. The number of halogens is 1. The molecule has 1 aliphatic rings. The number of aromatic nitrogens is 1. The predicted molar refractivity (Wildman–Crippen MR) is 81.3 cm³/mol. The Hall–Kier alpha value is -1.94. The number of rotatable bonds is 3. The first kappa shape index (κ1) is 13.1. The van der Waals surface area contributed by atoms with Crippen LogP contribution in [-0.2, 0) is 0 Å². The molecule has 1 fully saturated rings. The Balaban J connectivity index is 1.86. The lowest BCUT2D eigenvalue weighted by Gasteiger charge is -2.10. The fourth-order valence-electron chi connectivity index (χ4n) is 2.29. The number of amides is 1. The van der Waals surface area contributed by atoms with E-state index in [0.29, 0.717) is 22.4 Å². The van der Waals surface area contributed by atoms with E-state index >= 15 is 0 Å². The van der Waals surface area contributed by atoms with E-state index in [0.717, 1.165) is 24.1 Å². The molecule has 20 heavy (non-hydrogen) atoms. The minimum Gasteiger partial charge on any atom is -0.397 e. The number of nitrogens with zero attached hydrogens (tertiary/aromatic N) is 1. The van der Waals surface area contributed by atoms with Crippen molar-refractivity contribution in [2.24, 2.45) is 0 Å². The van der Waals surface area contributed by atoms with Crippen LogP contribution in [0.3, 0.4) is 0 Å². The zero-order valence-electron chi connectivity index (χ0n) is 11.2. The van der Waals surface area contributed by atoms with Crippen LogP contribution in [0, 0.1) is 6.92 Å². The van der Waals surface area contributed by atoms with Gasteiger partial charge in [-0.3, -0.25) is 4.79 Å². The molecule has 3 N–H and O–H groups in total. The van der Waals surface area contributed by atoms with Crippen molar-refractivity contribution in [1.29, 1.82) is 0 Å². The lowest BCUT2D eigenvalue weighted by Crippen LogP contribution is -2.16. The number of nitrogens with one attached hydrogen (secondary N) is 1. The van der Waals surface area contributed by atoms with Gasteiger partial charge < -0.3 is 15.6 Å². The van der Waals surface area contributed by atoms with Crippen LogP contribution in [-0.4, -0.2) is 10.5 Å². The Bertz CT molecular complexity index is 674. The van der Waals surface area contributed by atoms with Gasteiger partial charge in [-0.1, -0.05) is 11.6 Å². The van der Waals surface area contributed by atoms with Crippen molar-refractivity contribution >= 4 is 28.9 Å². The Morgan fingerprint density at radius 2 is 2.15 bits per heavy atom. The van der Waals surface area contributed by atoms with Gasteiger partial charge in [0.25, 0.3) is 5.91 Å². The summed E-state index contributed by atoms with van der Waals surface area (Å²) in [5.74, 6) is -0.140. The van der Waals surface area contributed by atoms with Crippen LogP contribution in [0.5, 0.6) is 0 Å². The van der Waals surface area contributed by atoms with E-state index < -0.39 is 0 Å². The van der Waals surface area contributed by atoms with Crippen molar-refractivity contribution in [3.05, 3.63) is 46.7 Å². The zero-order chi connectivity index (χ0) is 14.3. The van der Waals surface area contributed by atoms with Crippen molar-refractivity contribution < 1.29 is 4.79 Å². The molecule has 0 spiro atoms. The molecule has 0 radical (unpaired) electrons. The van der Waals surface area contributed by atoms with Gasteiger partial charge in [0, 0.05) is 22.9 Å². The van der Waals surface area contributed by atoms with Crippen molar-refractivity contribution in [2.75, 3.05) is 11.1 Å². The van der Waals surface area contributed by atoms with Gasteiger partial charge >= 0.3 is 0 Å². The highest BCUT2D eigenvalue weighted by Crippen LogP contribution is 2.37. The summed E-state index contributed by atoms with van der Waals surface area (Å²) in [7, 11) is 0. The van der Waals surface area contributed by atoms with E-state index in [-0.39, 0.29) is 5.91 Å². The first-order valence-electron chi connectivity index (χ1n) is 6.59. The molecule has 1 aliphatic carbocycles. The number of anilines is 2. The van der Waals surface area contributed by atoms with E-state index in [2.05, 4.69) is 5.32 Å². The molecule has 4 nitrogen and oxygen atoms in total. The van der Waals surface area contributed by atoms with Crippen LogP contribution in [0.15, 0.2) is 30.5 Å². The molecule has 0 unspecified atom stereocenters. The second kappa shape index (κ2) is 4.87. The van der Waals surface area contributed by atoms with Crippen LogP contribution in [0.2, 0.25) is 5.02 Å². The summed E-state index contributed by atoms with van der Waals surface area (Å²) >= 11 is 5.92. The van der Waals surface area contributed by atoms with Gasteiger partial charge in [0.15, 0.2) is 0 Å². The number of hydrogen-bond donors (Lipinski definition) is 2. The van der Waals surface area contributed by atoms with Crippen LogP contribution >= 0.6 is 11.6 Å². The van der Waals surface area contributed by atoms with Gasteiger partial charge in [0.1, 0.15) is 5.69 Å². The summed E-state index contributed by atoms with van der Waals surface area (Å²) in [6.45, 7) is 1.91. The quantitative estimate of drug-likeness (QED) is 0.906. The monoisotopic (exact) mass is 289 g/mol. The van der Waals surface area contributed by atoms with Crippen LogP contribution < -0.4 is 11.1 Å². The molecule has 0 saturated heterocycles. The average Bonchev–Trinajstić information content (AvgIpc) is 3.16. The molecule has 1 aromatic heterocycles. The van der Waals surface area contributed by atoms with Crippen molar-refractivity contribution in [2.45, 2.75) is 25.8 Å². The largest absolute Gasteiger partial charge is 0.397 e. The molecule has 1 saturated carbocycles. The summed E-state index contributed by atoms with van der Waals surface area (Å²) in [5.41, 5.74) is 8.74. The summed E-state index contributed by atoms with van der Waals surface area (Å²) < 4.78 is 1.97. The molecule has 104 valence electrons. The van der Waals surface area contributed by atoms with Crippen molar-refractivity contribution in [3.63, 3.8) is 0 Å². The van der Waals surface area contributed by atoms with E-state index in [1.807, 2.05) is 29.8 Å². The number of nitrogens with two attached hydrogens (primary N) is 1. The van der Waals surface area contributed by atoms with Gasteiger partial charge in [-0.15, -0.1) is 0 Å². The Morgan fingerprint density at radius 3 is 2.80 bits per heavy atom. The maximum atomic E-state index is 12.4. The smallest absolute Gasteiger partial charge is 0.272 e. The topological polar surface area (TPSA) is 60.1 Å². The highest BCUT2D eigenvalue weighted by atomic mass is 35.5. The minimum absolute atomic E-state index is 0.140. The number of aryl methyl sites for hydroxylation is 1. The summed E-state index contributed by atoms with van der Waals surface area (Å²) in [4.78, 5) is 12.4. The molecule has 1 aromatic carbocycles. The third-order valence-corrected chi connectivity index (χ3v) is 3.71. The lowest BCUT2D eigenvalue weighted by molar-refractivity contribution is 0.101. The van der Waals surface area contributed by atoms with Gasteiger partial charge in [-0.25, -0.2) is 0 Å². The van der Waals surface area contributed by atoms with E-state index in [1.54, 1.807) is 12.1 Å². The third kappa shape index (κ3) is 2.51. The maximum absolute atomic E-state index is 12.4. The highest BCUT2D eigenvalue weighted by molar-refractivity contribution is 6.30. The molecule has 0 aliphatic heterocycles. The average molecular weight is 290 g/mol. The van der Waals surface area contributed by atoms with Gasteiger partial charge in [-0.05, 0) is 49.6 Å². The van der Waals surface area contributed by atoms with E-state index in [1.165, 1.54) is 0 Å². The first-order valence-corrected chi connectivity index (χ1v) is 6.97. The minimum atomic E-state index is -0.140. The predicted octanol–water partition coefficient (Wildman–Crippen LogP) is 3.62. The number of hydrogen-bond acceptors (Lipinski definition) is 2. The molecular weight excluding hydrogens is 274 g/mol. The third-order valence-electron chi connectivity index (χ3n) is 3.48. The molecular formula is C15H16ClN3O. The summed E-state index contributed by atoms with van der Waals surface area (Å²) in [6.07, 6.45) is 4.05. The Kier molecular flexibility index (Phi) is 3.18. The molecule has 0 bridgehead atoms. The van der Waals surface area contributed by atoms with Crippen molar-refractivity contribution in [1.82, 2.24) is 4.57 Å². The van der Waals surface area contributed by atoms with Gasteiger partial charge in [0.2, 0.25) is 0 Å². The molecule has 1 amide bonds. The Labute approximate surface area is 122 Å². The van der Waals surface area contributed by atoms with Crippen LogP contribution in [0.25, 0.3) is 0 Å². The van der Waals surface area contributed by atoms with Crippen molar-refractivity contribution in [3.8, 4) is 0 Å². The van der Waals surface area contributed by atoms with E-state index in [4.69, 9.17) is 17.3 Å². The van der Waals surface area contributed by atoms with Crippen LogP contribution in [0.1, 0.15) is 34.9 Å². The van der Waals surface area contributed by atoms with Crippen LogP contribution in [0.4, 0.5) is 11.4 Å². The fraction of sp³-hybridized carbons (Fsp3) is 0.267. The number of carbonyl (C=O) groups excluding carboxylic acids is 1. The summed E-state index contributed by atoms with van der Waals surface area (Å²) in [6, 6.07) is 7.53. The second-order valence-corrected chi connectivity index (χ2v) is 5.65. The lowest BCUT2D eigenvalue weighted by atomic mass is 10.2. The molecule has 5 heteroatoms. The number of benzene rings is 1.